The second-order valence-electron chi connectivity index (χ2n) is 6.88. The van der Waals surface area contributed by atoms with Gasteiger partial charge >= 0.3 is 0 Å². The van der Waals surface area contributed by atoms with Crippen LogP contribution in [-0.4, -0.2) is 23.1 Å². The first-order valence-electron chi connectivity index (χ1n) is 8.19. The normalized spacial score (nSPS) is 30.2. The Bertz CT molecular complexity index is 470. The number of nitrogens with zero attached hydrogens (tertiary/aromatic N) is 1. The van der Waals surface area contributed by atoms with Crippen LogP contribution in [0.1, 0.15) is 62.6 Å². The molecule has 0 radical (unpaired) electrons. The van der Waals surface area contributed by atoms with Crippen molar-refractivity contribution in [1.82, 2.24) is 4.90 Å². The van der Waals surface area contributed by atoms with E-state index in [4.69, 9.17) is 0 Å². The second-order valence-corrected chi connectivity index (χ2v) is 6.88. The molecule has 0 aromatic heterocycles. The summed E-state index contributed by atoms with van der Waals surface area (Å²) >= 11 is 0. The molecule has 3 atom stereocenters. The van der Waals surface area contributed by atoms with E-state index in [1.54, 1.807) is 0 Å². The van der Waals surface area contributed by atoms with Gasteiger partial charge in [0.25, 0.3) is 0 Å². The van der Waals surface area contributed by atoms with Gasteiger partial charge in [0, 0.05) is 12.1 Å². The number of aryl methyl sites for hydroxylation is 1. The average Bonchev–Trinajstić information content (AvgIpc) is 2.45. The first kappa shape index (κ1) is 13.9. The van der Waals surface area contributed by atoms with Crippen molar-refractivity contribution in [1.29, 1.82) is 0 Å². The highest BCUT2D eigenvalue weighted by Crippen LogP contribution is 2.38. The molecule has 3 unspecified atom stereocenters. The molecule has 1 aromatic carbocycles. The van der Waals surface area contributed by atoms with Crippen molar-refractivity contribution in [3.05, 3.63) is 29.3 Å². The van der Waals surface area contributed by atoms with E-state index in [1.165, 1.54) is 49.7 Å². The van der Waals surface area contributed by atoms with Crippen LogP contribution >= 0.6 is 0 Å². The zero-order valence-electron chi connectivity index (χ0n) is 12.8. The predicted molar refractivity (Wildman–Crippen MR) is 83.0 cm³/mol. The smallest absolute Gasteiger partial charge is 0.115 e. The summed E-state index contributed by atoms with van der Waals surface area (Å²) in [5, 5.41) is 9.68. The summed E-state index contributed by atoms with van der Waals surface area (Å²) in [7, 11) is 2.31. The Balaban J connectivity index is 1.81. The van der Waals surface area contributed by atoms with E-state index >= 15 is 0 Å². The minimum Gasteiger partial charge on any atom is -0.508 e. The summed E-state index contributed by atoms with van der Waals surface area (Å²) in [6, 6.07) is 7.27. The first-order valence-corrected chi connectivity index (χ1v) is 8.19. The Kier molecular flexibility index (Phi) is 4.02. The molecule has 0 aliphatic heterocycles. The van der Waals surface area contributed by atoms with Crippen LogP contribution in [-0.2, 0) is 6.42 Å². The minimum absolute atomic E-state index is 0.415. The lowest BCUT2D eigenvalue weighted by molar-refractivity contribution is 0.108. The van der Waals surface area contributed by atoms with Crippen LogP contribution in [0.5, 0.6) is 5.75 Å². The quantitative estimate of drug-likeness (QED) is 0.869. The Labute approximate surface area is 122 Å². The van der Waals surface area contributed by atoms with Gasteiger partial charge in [-0.05, 0) is 68.3 Å². The van der Waals surface area contributed by atoms with E-state index in [9.17, 15) is 5.11 Å². The molecule has 2 aliphatic carbocycles. The zero-order valence-corrected chi connectivity index (χ0v) is 12.8. The molecule has 1 aromatic rings. The van der Waals surface area contributed by atoms with E-state index in [-0.39, 0.29) is 0 Å². The predicted octanol–water partition coefficient (Wildman–Crippen LogP) is 4.28. The van der Waals surface area contributed by atoms with Gasteiger partial charge in [-0.15, -0.1) is 0 Å². The number of fused-ring (bicyclic) bond motifs is 1. The van der Waals surface area contributed by atoms with Crippen molar-refractivity contribution >= 4 is 0 Å². The van der Waals surface area contributed by atoms with E-state index in [1.807, 2.05) is 12.1 Å². The maximum Gasteiger partial charge on any atom is 0.115 e. The molecule has 20 heavy (non-hydrogen) atoms. The lowest BCUT2D eigenvalue weighted by atomic mass is 9.82. The van der Waals surface area contributed by atoms with Crippen LogP contribution in [0.4, 0.5) is 0 Å². The third-order valence-electron chi connectivity index (χ3n) is 5.39. The first-order chi connectivity index (χ1) is 9.65. The van der Waals surface area contributed by atoms with Gasteiger partial charge in [-0.3, -0.25) is 4.90 Å². The Morgan fingerprint density at radius 1 is 1.15 bits per heavy atom. The second kappa shape index (κ2) is 5.77. The Hall–Kier alpha value is -1.02. The maximum absolute atomic E-state index is 9.68. The Morgan fingerprint density at radius 2 is 2.00 bits per heavy atom. The summed E-state index contributed by atoms with van der Waals surface area (Å²) < 4.78 is 0. The topological polar surface area (TPSA) is 23.5 Å². The van der Waals surface area contributed by atoms with Crippen LogP contribution < -0.4 is 0 Å². The average molecular weight is 273 g/mol. The highest BCUT2D eigenvalue weighted by atomic mass is 16.3. The maximum atomic E-state index is 9.68. The van der Waals surface area contributed by atoms with E-state index in [0.717, 1.165) is 18.4 Å². The number of phenolic OH excluding ortho intramolecular Hbond substituents is 1. The molecule has 1 N–H and O–H groups in total. The van der Waals surface area contributed by atoms with Gasteiger partial charge in [-0.25, -0.2) is 0 Å². The summed E-state index contributed by atoms with van der Waals surface area (Å²) in [6.07, 6.45) is 9.11. The number of hydrogen-bond donors (Lipinski definition) is 1. The highest BCUT2D eigenvalue weighted by Gasteiger charge is 2.30. The third-order valence-corrected chi connectivity index (χ3v) is 5.39. The van der Waals surface area contributed by atoms with E-state index in [0.29, 0.717) is 11.8 Å². The largest absolute Gasteiger partial charge is 0.508 e. The fourth-order valence-corrected chi connectivity index (χ4v) is 4.22. The van der Waals surface area contributed by atoms with Crippen LogP contribution in [0.3, 0.4) is 0 Å². The third kappa shape index (κ3) is 2.71. The fraction of sp³-hybridized carbons (Fsp3) is 0.667. The van der Waals surface area contributed by atoms with Crippen molar-refractivity contribution < 1.29 is 5.11 Å². The molecule has 3 rings (SSSR count). The van der Waals surface area contributed by atoms with Crippen molar-refractivity contribution in [2.45, 2.75) is 64.0 Å². The summed E-state index contributed by atoms with van der Waals surface area (Å²) in [6.45, 7) is 2.40. The van der Waals surface area contributed by atoms with Crippen molar-refractivity contribution in [3.8, 4) is 5.75 Å². The van der Waals surface area contributed by atoms with Gasteiger partial charge in [0.2, 0.25) is 0 Å². The molecule has 0 bridgehead atoms. The van der Waals surface area contributed by atoms with Gasteiger partial charge in [0.1, 0.15) is 5.75 Å². The number of rotatable bonds is 2. The SMILES string of the molecule is CC1CCCC(N(C)C2CCCc3cc(O)ccc32)C1. The van der Waals surface area contributed by atoms with Crippen molar-refractivity contribution in [2.24, 2.45) is 5.92 Å². The molecular formula is C18H27NO. The molecule has 2 heteroatoms. The number of hydrogen-bond acceptors (Lipinski definition) is 2. The summed E-state index contributed by atoms with van der Waals surface area (Å²) in [4.78, 5) is 2.63. The van der Waals surface area contributed by atoms with Crippen LogP contribution in [0.2, 0.25) is 0 Å². The summed E-state index contributed by atoms with van der Waals surface area (Å²) in [5.41, 5.74) is 2.81. The standard InChI is InChI=1S/C18H27NO/c1-13-5-3-7-15(11-13)19(2)18-8-4-6-14-12-16(20)9-10-17(14)18/h9-10,12-13,15,18,20H,3-8,11H2,1-2H3. The molecule has 0 saturated heterocycles. The number of benzene rings is 1. The van der Waals surface area contributed by atoms with Gasteiger partial charge in [-0.2, -0.15) is 0 Å². The van der Waals surface area contributed by atoms with Gasteiger partial charge in [-0.1, -0.05) is 25.8 Å². The number of phenols is 1. The van der Waals surface area contributed by atoms with Crippen LogP contribution in [0.25, 0.3) is 0 Å². The van der Waals surface area contributed by atoms with Gasteiger partial charge < -0.3 is 5.11 Å². The van der Waals surface area contributed by atoms with Crippen LogP contribution in [0, 0.1) is 5.92 Å². The molecular weight excluding hydrogens is 246 g/mol. The summed E-state index contributed by atoms with van der Waals surface area (Å²) in [5.74, 6) is 1.29. The molecule has 110 valence electrons. The van der Waals surface area contributed by atoms with E-state index < -0.39 is 0 Å². The van der Waals surface area contributed by atoms with E-state index in [2.05, 4.69) is 24.9 Å². The molecule has 0 amide bonds. The van der Waals surface area contributed by atoms with Gasteiger partial charge in [0.05, 0.1) is 0 Å². The highest BCUT2D eigenvalue weighted by molar-refractivity contribution is 5.38. The van der Waals surface area contributed by atoms with Crippen LogP contribution in [0.15, 0.2) is 18.2 Å². The zero-order chi connectivity index (χ0) is 14.1. The monoisotopic (exact) mass is 273 g/mol. The molecule has 0 heterocycles. The molecule has 1 saturated carbocycles. The molecule has 0 spiro atoms. The molecule has 1 fully saturated rings. The van der Waals surface area contributed by atoms with Gasteiger partial charge in [0.15, 0.2) is 0 Å². The Morgan fingerprint density at radius 3 is 2.80 bits per heavy atom. The fourth-order valence-electron chi connectivity index (χ4n) is 4.22. The van der Waals surface area contributed by atoms with Crippen molar-refractivity contribution in [3.63, 3.8) is 0 Å². The number of aromatic hydroxyl groups is 1. The lowest BCUT2D eigenvalue weighted by Gasteiger charge is -2.41. The van der Waals surface area contributed by atoms with Crippen molar-refractivity contribution in [2.75, 3.05) is 7.05 Å². The molecule has 2 nitrogen and oxygen atoms in total. The lowest BCUT2D eigenvalue weighted by Crippen LogP contribution is -2.39. The minimum atomic E-state index is 0.415. The molecule has 2 aliphatic rings.